The summed E-state index contributed by atoms with van der Waals surface area (Å²) in [6, 6.07) is 12.2. The zero-order valence-corrected chi connectivity index (χ0v) is 11.9. The molecule has 4 nitrogen and oxygen atoms in total. The second-order valence-corrected chi connectivity index (χ2v) is 4.83. The number of halogens is 1. The van der Waals surface area contributed by atoms with Crippen LogP contribution in [0.25, 0.3) is 0 Å². The summed E-state index contributed by atoms with van der Waals surface area (Å²) in [7, 11) is 1.56. The highest BCUT2D eigenvalue weighted by Gasteiger charge is 2.08. The van der Waals surface area contributed by atoms with E-state index in [4.69, 9.17) is 10.5 Å². The van der Waals surface area contributed by atoms with E-state index in [0.29, 0.717) is 22.7 Å². The Morgan fingerprint density at radius 2 is 1.89 bits per heavy atom. The van der Waals surface area contributed by atoms with E-state index in [9.17, 15) is 4.79 Å². The summed E-state index contributed by atoms with van der Waals surface area (Å²) in [5.41, 5.74) is 7.40. The van der Waals surface area contributed by atoms with Crippen molar-refractivity contribution in [2.75, 3.05) is 18.2 Å². The van der Waals surface area contributed by atoms with Crippen molar-refractivity contribution in [3.05, 3.63) is 52.5 Å². The van der Waals surface area contributed by atoms with E-state index < -0.39 is 0 Å². The van der Waals surface area contributed by atoms with Gasteiger partial charge in [-0.3, -0.25) is 4.79 Å². The van der Waals surface area contributed by atoms with Gasteiger partial charge in [-0.2, -0.15) is 0 Å². The van der Waals surface area contributed by atoms with Crippen LogP contribution in [0.2, 0.25) is 0 Å². The summed E-state index contributed by atoms with van der Waals surface area (Å²) in [5.74, 6) is 0.424. The normalized spacial score (nSPS) is 10.0. The van der Waals surface area contributed by atoms with Gasteiger partial charge in [-0.1, -0.05) is 15.9 Å². The topological polar surface area (TPSA) is 64.3 Å². The van der Waals surface area contributed by atoms with E-state index in [0.717, 1.165) is 4.47 Å². The lowest BCUT2D eigenvalue weighted by molar-refractivity contribution is 0.102. The van der Waals surface area contributed by atoms with Gasteiger partial charge in [0.2, 0.25) is 0 Å². The number of hydrogen-bond donors (Lipinski definition) is 2. The Hall–Kier alpha value is -2.01. The maximum absolute atomic E-state index is 12.1. The van der Waals surface area contributed by atoms with Crippen molar-refractivity contribution >= 4 is 33.2 Å². The number of methoxy groups -OCH3 is 1. The lowest BCUT2D eigenvalue weighted by Crippen LogP contribution is -2.13. The molecule has 0 aliphatic heterocycles. The molecular formula is C14H13BrN2O2. The first-order valence-corrected chi connectivity index (χ1v) is 6.40. The molecule has 0 heterocycles. The van der Waals surface area contributed by atoms with Gasteiger partial charge in [0.05, 0.1) is 18.5 Å². The fourth-order valence-corrected chi connectivity index (χ4v) is 1.83. The molecule has 0 bridgehead atoms. The van der Waals surface area contributed by atoms with Crippen LogP contribution in [0, 0.1) is 0 Å². The van der Waals surface area contributed by atoms with E-state index in [-0.39, 0.29) is 5.91 Å². The molecule has 0 atom stereocenters. The summed E-state index contributed by atoms with van der Waals surface area (Å²) >= 11 is 3.32. The Bertz CT molecular complexity index is 597. The van der Waals surface area contributed by atoms with Crippen LogP contribution >= 0.6 is 15.9 Å². The SMILES string of the molecule is COc1ccc(N)c(NC(=O)c2ccc(Br)cc2)c1. The number of ether oxygens (including phenoxy) is 1. The van der Waals surface area contributed by atoms with Gasteiger partial charge in [0.15, 0.2) is 0 Å². The second-order valence-electron chi connectivity index (χ2n) is 3.91. The predicted molar refractivity (Wildman–Crippen MR) is 79.5 cm³/mol. The van der Waals surface area contributed by atoms with Crippen molar-refractivity contribution < 1.29 is 9.53 Å². The Morgan fingerprint density at radius 1 is 1.21 bits per heavy atom. The monoisotopic (exact) mass is 320 g/mol. The lowest BCUT2D eigenvalue weighted by atomic mass is 10.2. The number of carbonyl (C=O) groups excluding carboxylic acids is 1. The minimum atomic E-state index is -0.215. The molecule has 2 aromatic rings. The van der Waals surface area contributed by atoms with Crippen LogP contribution in [0.3, 0.4) is 0 Å². The molecule has 0 saturated heterocycles. The molecular weight excluding hydrogens is 308 g/mol. The second kappa shape index (κ2) is 5.75. The third kappa shape index (κ3) is 3.26. The molecule has 0 radical (unpaired) electrons. The van der Waals surface area contributed by atoms with Gasteiger partial charge in [-0.05, 0) is 36.4 Å². The average molecular weight is 321 g/mol. The Kier molecular flexibility index (Phi) is 4.06. The van der Waals surface area contributed by atoms with Gasteiger partial charge in [0.25, 0.3) is 5.91 Å². The Labute approximate surface area is 119 Å². The first kappa shape index (κ1) is 13.4. The highest BCUT2D eigenvalue weighted by Crippen LogP contribution is 2.25. The van der Waals surface area contributed by atoms with E-state index in [1.807, 2.05) is 12.1 Å². The molecule has 0 spiro atoms. The molecule has 3 N–H and O–H groups in total. The van der Waals surface area contributed by atoms with Crippen LogP contribution in [-0.2, 0) is 0 Å². The number of nitrogens with one attached hydrogen (secondary N) is 1. The maximum Gasteiger partial charge on any atom is 0.255 e. The summed E-state index contributed by atoms with van der Waals surface area (Å²) in [6.45, 7) is 0. The van der Waals surface area contributed by atoms with Crippen LogP contribution in [0.4, 0.5) is 11.4 Å². The molecule has 98 valence electrons. The van der Waals surface area contributed by atoms with E-state index in [2.05, 4.69) is 21.2 Å². The molecule has 1 amide bonds. The molecule has 2 rings (SSSR count). The molecule has 0 aromatic heterocycles. The van der Waals surface area contributed by atoms with E-state index in [1.54, 1.807) is 37.4 Å². The van der Waals surface area contributed by atoms with Gasteiger partial charge >= 0.3 is 0 Å². The Morgan fingerprint density at radius 3 is 2.53 bits per heavy atom. The number of carbonyl (C=O) groups is 1. The highest BCUT2D eigenvalue weighted by atomic mass is 79.9. The summed E-state index contributed by atoms with van der Waals surface area (Å²) in [5, 5.41) is 2.76. The molecule has 0 unspecified atom stereocenters. The van der Waals surface area contributed by atoms with Crippen molar-refractivity contribution in [1.29, 1.82) is 0 Å². The van der Waals surface area contributed by atoms with E-state index >= 15 is 0 Å². The first-order valence-electron chi connectivity index (χ1n) is 5.60. The summed E-state index contributed by atoms with van der Waals surface area (Å²) in [4.78, 5) is 12.1. The largest absolute Gasteiger partial charge is 0.497 e. The van der Waals surface area contributed by atoms with E-state index in [1.165, 1.54) is 0 Å². The first-order chi connectivity index (χ1) is 9.10. The fraction of sp³-hybridized carbons (Fsp3) is 0.0714. The van der Waals surface area contributed by atoms with Gasteiger partial charge in [0.1, 0.15) is 5.75 Å². The van der Waals surface area contributed by atoms with Crippen LogP contribution in [0.1, 0.15) is 10.4 Å². The van der Waals surface area contributed by atoms with Crippen molar-refractivity contribution in [2.45, 2.75) is 0 Å². The standard InChI is InChI=1S/C14H13BrN2O2/c1-19-11-6-7-12(16)13(8-11)17-14(18)9-2-4-10(15)5-3-9/h2-8H,16H2,1H3,(H,17,18). The molecule has 0 fully saturated rings. The number of nitrogen functional groups attached to an aromatic ring is 1. The zero-order chi connectivity index (χ0) is 13.8. The van der Waals surface area contributed by atoms with Crippen molar-refractivity contribution in [3.63, 3.8) is 0 Å². The third-order valence-corrected chi connectivity index (χ3v) is 3.14. The molecule has 19 heavy (non-hydrogen) atoms. The van der Waals surface area contributed by atoms with Gasteiger partial charge in [-0.15, -0.1) is 0 Å². The molecule has 0 saturated carbocycles. The van der Waals surface area contributed by atoms with Crippen LogP contribution in [-0.4, -0.2) is 13.0 Å². The Balaban J connectivity index is 2.21. The van der Waals surface area contributed by atoms with Crippen molar-refractivity contribution in [3.8, 4) is 5.75 Å². The zero-order valence-electron chi connectivity index (χ0n) is 10.3. The van der Waals surface area contributed by atoms with Crippen LogP contribution < -0.4 is 15.8 Å². The fourth-order valence-electron chi connectivity index (χ4n) is 1.57. The predicted octanol–water partition coefficient (Wildman–Crippen LogP) is 3.29. The highest BCUT2D eigenvalue weighted by molar-refractivity contribution is 9.10. The van der Waals surface area contributed by atoms with Crippen LogP contribution in [0.5, 0.6) is 5.75 Å². The molecule has 0 aliphatic carbocycles. The number of rotatable bonds is 3. The smallest absolute Gasteiger partial charge is 0.255 e. The molecule has 5 heteroatoms. The van der Waals surface area contributed by atoms with Gasteiger partial charge in [0, 0.05) is 16.1 Å². The number of hydrogen-bond acceptors (Lipinski definition) is 3. The number of anilines is 2. The number of benzene rings is 2. The van der Waals surface area contributed by atoms with Gasteiger partial charge in [-0.25, -0.2) is 0 Å². The summed E-state index contributed by atoms with van der Waals surface area (Å²) in [6.07, 6.45) is 0. The van der Waals surface area contributed by atoms with Crippen LogP contribution in [0.15, 0.2) is 46.9 Å². The lowest BCUT2D eigenvalue weighted by Gasteiger charge is -2.10. The van der Waals surface area contributed by atoms with Crippen molar-refractivity contribution in [1.82, 2.24) is 0 Å². The van der Waals surface area contributed by atoms with Gasteiger partial charge < -0.3 is 15.8 Å². The minimum absolute atomic E-state index is 0.215. The maximum atomic E-state index is 12.1. The third-order valence-electron chi connectivity index (χ3n) is 2.62. The molecule has 0 aliphatic rings. The quantitative estimate of drug-likeness (QED) is 0.853. The minimum Gasteiger partial charge on any atom is -0.497 e. The average Bonchev–Trinajstić information content (AvgIpc) is 2.42. The number of amides is 1. The van der Waals surface area contributed by atoms with Crippen molar-refractivity contribution in [2.24, 2.45) is 0 Å². The number of nitrogens with two attached hydrogens (primary N) is 1. The summed E-state index contributed by atoms with van der Waals surface area (Å²) < 4.78 is 6.02. The molecule has 2 aromatic carbocycles.